The summed E-state index contributed by atoms with van der Waals surface area (Å²) in [7, 11) is 0. The molecular weight excluding hydrogens is 203 g/mol. The van der Waals surface area contributed by atoms with Crippen molar-refractivity contribution in [3.8, 4) is 0 Å². The van der Waals surface area contributed by atoms with Gasteiger partial charge in [-0.3, -0.25) is 4.98 Å². The van der Waals surface area contributed by atoms with Crippen molar-refractivity contribution in [2.45, 2.75) is 13.3 Å². The maximum atomic E-state index is 13.0. The molecule has 2 N–H and O–H groups in total. The quantitative estimate of drug-likeness (QED) is 0.859. The maximum Gasteiger partial charge on any atom is 0.125 e. The molecule has 0 bridgehead atoms. The Labute approximate surface area is 94.3 Å². The first-order chi connectivity index (χ1) is 7.69. The first kappa shape index (κ1) is 11.0. The molecule has 1 aromatic heterocycles. The van der Waals surface area contributed by atoms with Crippen LogP contribution in [0.15, 0.2) is 30.3 Å². The normalized spacial score (nSPS) is 12.9. The number of benzene rings is 1. The van der Waals surface area contributed by atoms with Crippen molar-refractivity contribution < 1.29 is 4.39 Å². The Balaban J connectivity index is 2.35. The Morgan fingerprint density at radius 1 is 1.31 bits per heavy atom. The zero-order valence-electron chi connectivity index (χ0n) is 9.28. The summed E-state index contributed by atoms with van der Waals surface area (Å²) in [5, 5.41) is 0.963. The van der Waals surface area contributed by atoms with Gasteiger partial charge in [0.1, 0.15) is 5.82 Å². The van der Waals surface area contributed by atoms with Gasteiger partial charge >= 0.3 is 0 Å². The monoisotopic (exact) mass is 218 g/mol. The fraction of sp³-hybridized carbons (Fsp3) is 0.308. The number of nitrogens with zero attached hydrogens (tertiary/aromatic N) is 1. The van der Waals surface area contributed by atoms with Gasteiger partial charge in [0, 0.05) is 17.1 Å². The van der Waals surface area contributed by atoms with Gasteiger partial charge in [0.05, 0.1) is 5.52 Å². The van der Waals surface area contributed by atoms with Crippen LogP contribution in [0.1, 0.15) is 12.6 Å². The van der Waals surface area contributed by atoms with Crippen molar-refractivity contribution in [3.05, 3.63) is 41.8 Å². The van der Waals surface area contributed by atoms with E-state index in [-0.39, 0.29) is 5.82 Å². The maximum absolute atomic E-state index is 13.0. The van der Waals surface area contributed by atoms with Crippen molar-refractivity contribution in [2.75, 3.05) is 6.54 Å². The Morgan fingerprint density at radius 3 is 2.81 bits per heavy atom. The van der Waals surface area contributed by atoms with E-state index in [1.54, 1.807) is 6.07 Å². The summed E-state index contributed by atoms with van der Waals surface area (Å²) in [4.78, 5) is 4.43. The van der Waals surface area contributed by atoms with Gasteiger partial charge in [0.25, 0.3) is 0 Å². The number of hydrogen-bond donors (Lipinski definition) is 1. The lowest BCUT2D eigenvalue weighted by Gasteiger charge is -2.08. The van der Waals surface area contributed by atoms with Crippen molar-refractivity contribution >= 4 is 10.9 Å². The molecule has 0 saturated carbocycles. The largest absolute Gasteiger partial charge is 0.330 e. The lowest BCUT2D eigenvalue weighted by atomic mass is 10.0. The molecule has 0 aliphatic heterocycles. The van der Waals surface area contributed by atoms with Crippen LogP contribution in [-0.2, 0) is 6.42 Å². The number of nitrogens with two attached hydrogens (primary N) is 1. The van der Waals surface area contributed by atoms with Crippen LogP contribution < -0.4 is 5.73 Å². The second-order valence-electron chi connectivity index (χ2n) is 4.18. The van der Waals surface area contributed by atoms with Gasteiger partial charge in [-0.25, -0.2) is 4.39 Å². The Hall–Kier alpha value is -1.48. The molecule has 0 aliphatic rings. The second-order valence-corrected chi connectivity index (χ2v) is 4.18. The Kier molecular flexibility index (Phi) is 3.15. The van der Waals surface area contributed by atoms with E-state index in [0.717, 1.165) is 17.5 Å². The van der Waals surface area contributed by atoms with Crippen molar-refractivity contribution in [2.24, 2.45) is 11.7 Å². The summed E-state index contributed by atoms with van der Waals surface area (Å²) in [5.74, 6) is 0.155. The van der Waals surface area contributed by atoms with Gasteiger partial charge in [-0.2, -0.15) is 0 Å². The number of hydrogen-bond acceptors (Lipinski definition) is 2. The Bertz CT molecular complexity index is 496. The number of halogens is 1. The molecule has 1 aromatic carbocycles. The number of rotatable bonds is 3. The molecule has 0 spiro atoms. The van der Waals surface area contributed by atoms with Crippen LogP contribution in [0.25, 0.3) is 10.9 Å². The smallest absolute Gasteiger partial charge is 0.125 e. The molecule has 0 fully saturated rings. The van der Waals surface area contributed by atoms with E-state index in [9.17, 15) is 4.39 Å². The standard InChI is InChI=1S/C13H15FN2/c1-9(8-15)6-12-5-3-10-2-4-11(14)7-13(10)16-12/h2-5,7,9H,6,8,15H2,1H3. The van der Waals surface area contributed by atoms with Gasteiger partial charge in [-0.15, -0.1) is 0 Å². The zero-order chi connectivity index (χ0) is 11.5. The highest BCUT2D eigenvalue weighted by Crippen LogP contribution is 2.15. The molecule has 0 radical (unpaired) electrons. The predicted molar refractivity (Wildman–Crippen MR) is 63.6 cm³/mol. The lowest BCUT2D eigenvalue weighted by molar-refractivity contribution is 0.585. The third kappa shape index (κ3) is 2.36. The van der Waals surface area contributed by atoms with Crippen molar-refractivity contribution in [1.82, 2.24) is 4.98 Å². The summed E-state index contributed by atoms with van der Waals surface area (Å²) >= 11 is 0. The van der Waals surface area contributed by atoms with Crippen LogP contribution >= 0.6 is 0 Å². The van der Waals surface area contributed by atoms with Gasteiger partial charge in [0.15, 0.2) is 0 Å². The van der Waals surface area contributed by atoms with Crippen molar-refractivity contribution in [1.29, 1.82) is 0 Å². The predicted octanol–water partition coefficient (Wildman–Crippen LogP) is 2.51. The number of fused-ring (bicyclic) bond motifs is 1. The lowest BCUT2D eigenvalue weighted by Crippen LogP contribution is -2.13. The molecule has 1 heterocycles. The van der Waals surface area contributed by atoms with E-state index in [0.29, 0.717) is 18.0 Å². The summed E-state index contributed by atoms with van der Waals surface area (Å²) in [6.07, 6.45) is 0.836. The fourth-order valence-corrected chi connectivity index (χ4v) is 1.69. The third-order valence-electron chi connectivity index (χ3n) is 2.67. The molecule has 2 nitrogen and oxygen atoms in total. The summed E-state index contributed by atoms with van der Waals surface area (Å²) in [5.41, 5.74) is 7.25. The first-order valence-corrected chi connectivity index (χ1v) is 5.44. The van der Waals surface area contributed by atoms with Gasteiger partial charge in [0.2, 0.25) is 0 Å². The average molecular weight is 218 g/mol. The molecule has 1 atom stereocenters. The van der Waals surface area contributed by atoms with Gasteiger partial charge in [-0.1, -0.05) is 13.0 Å². The van der Waals surface area contributed by atoms with Crippen molar-refractivity contribution in [3.63, 3.8) is 0 Å². The first-order valence-electron chi connectivity index (χ1n) is 5.44. The number of aromatic nitrogens is 1. The van der Waals surface area contributed by atoms with E-state index in [2.05, 4.69) is 11.9 Å². The number of pyridine rings is 1. The molecule has 1 unspecified atom stereocenters. The van der Waals surface area contributed by atoms with Gasteiger partial charge in [-0.05, 0) is 37.1 Å². The van der Waals surface area contributed by atoms with E-state index < -0.39 is 0 Å². The molecule has 0 saturated heterocycles. The average Bonchev–Trinajstić information content (AvgIpc) is 2.28. The SMILES string of the molecule is CC(CN)Cc1ccc2ccc(F)cc2n1. The molecule has 0 aliphatic carbocycles. The molecule has 16 heavy (non-hydrogen) atoms. The molecule has 2 rings (SSSR count). The molecule has 3 heteroatoms. The Morgan fingerprint density at radius 2 is 2.06 bits per heavy atom. The fourth-order valence-electron chi connectivity index (χ4n) is 1.69. The molecular formula is C13H15FN2. The molecule has 84 valence electrons. The van der Waals surface area contributed by atoms with Crippen LogP contribution in [-0.4, -0.2) is 11.5 Å². The zero-order valence-corrected chi connectivity index (χ0v) is 9.28. The van der Waals surface area contributed by atoms with E-state index in [1.807, 2.05) is 12.1 Å². The minimum atomic E-state index is -0.246. The third-order valence-corrected chi connectivity index (χ3v) is 2.67. The van der Waals surface area contributed by atoms with Crippen LogP contribution in [0, 0.1) is 11.7 Å². The van der Waals surface area contributed by atoms with E-state index >= 15 is 0 Å². The van der Waals surface area contributed by atoms with Crippen LogP contribution in [0.5, 0.6) is 0 Å². The topological polar surface area (TPSA) is 38.9 Å². The molecule has 2 aromatic rings. The minimum absolute atomic E-state index is 0.246. The summed E-state index contributed by atoms with van der Waals surface area (Å²) < 4.78 is 13.0. The van der Waals surface area contributed by atoms with Crippen LogP contribution in [0.2, 0.25) is 0 Å². The minimum Gasteiger partial charge on any atom is -0.330 e. The highest BCUT2D eigenvalue weighted by molar-refractivity contribution is 5.78. The summed E-state index contributed by atoms with van der Waals surface area (Å²) in [6.45, 7) is 2.72. The van der Waals surface area contributed by atoms with Gasteiger partial charge < -0.3 is 5.73 Å². The van der Waals surface area contributed by atoms with E-state index in [1.165, 1.54) is 12.1 Å². The van der Waals surface area contributed by atoms with Crippen LogP contribution in [0.4, 0.5) is 4.39 Å². The highest BCUT2D eigenvalue weighted by atomic mass is 19.1. The highest BCUT2D eigenvalue weighted by Gasteiger charge is 2.04. The van der Waals surface area contributed by atoms with E-state index in [4.69, 9.17) is 5.73 Å². The second kappa shape index (κ2) is 4.58. The summed E-state index contributed by atoms with van der Waals surface area (Å²) in [6, 6.07) is 8.61. The molecule has 0 amide bonds. The van der Waals surface area contributed by atoms with Crippen LogP contribution in [0.3, 0.4) is 0 Å².